The number of halogens is 2. The third kappa shape index (κ3) is 6.95. The molecule has 1 aromatic heterocycles. The van der Waals surface area contributed by atoms with Crippen LogP contribution in [0.3, 0.4) is 0 Å². The highest BCUT2D eigenvalue weighted by Gasteiger charge is 2.19. The average molecular weight is 689 g/mol. The van der Waals surface area contributed by atoms with Gasteiger partial charge in [-0.15, -0.1) is 0 Å². The van der Waals surface area contributed by atoms with Gasteiger partial charge in [0.15, 0.2) is 5.82 Å². The molecule has 1 heterocycles. The van der Waals surface area contributed by atoms with Crippen molar-refractivity contribution in [2.75, 3.05) is 6.61 Å². The first-order valence-electron chi connectivity index (χ1n) is 14.3. The summed E-state index contributed by atoms with van der Waals surface area (Å²) in [4.78, 5) is 30.3. The van der Waals surface area contributed by atoms with Crippen LogP contribution in [0, 0.1) is 6.92 Å². The second-order valence-corrected chi connectivity index (χ2v) is 12.0. The molecule has 10 heteroatoms. The molecular formula is C35H31BrClN3O5. The lowest BCUT2D eigenvalue weighted by Crippen LogP contribution is -2.21. The third-order valence-corrected chi connectivity index (χ3v) is 7.99. The van der Waals surface area contributed by atoms with Gasteiger partial charge in [-0.2, -0.15) is 9.78 Å². The maximum absolute atomic E-state index is 13.9. The monoisotopic (exact) mass is 687 g/mol. The quantitative estimate of drug-likeness (QED) is 0.148. The molecule has 8 nitrogen and oxygen atoms in total. The molecular weight excluding hydrogens is 658 g/mol. The number of carboxylic acid groups (broad SMARTS) is 1. The molecule has 0 aliphatic heterocycles. The highest BCUT2D eigenvalue weighted by molar-refractivity contribution is 9.10. The predicted octanol–water partition coefficient (Wildman–Crippen LogP) is 8.47. The Labute approximate surface area is 274 Å². The number of hydrogen-bond acceptors (Lipinski definition) is 6. The van der Waals surface area contributed by atoms with Crippen LogP contribution in [-0.2, 0) is 6.61 Å². The fraction of sp³-hybridized carbons (Fsp3) is 0.200. The van der Waals surface area contributed by atoms with Gasteiger partial charge in [-0.1, -0.05) is 49.7 Å². The van der Waals surface area contributed by atoms with Crippen molar-refractivity contribution in [2.24, 2.45) is 5.10 Å². The highest BCUT2D eigenvalue weighted by Crippen LogP contribution is 2.35. The largest absolute Gasteiger partial charge is 0.494 e. The molecule has 0 unspecified atom stereocenters. The molecule has 5 aromatic rings. The Bertz CT molecular complexity index is 2000. The van der Waals surface area contributed by atoms with Crippen molar-refractivity contribution in [1.82, 2.24) is 9.66 Å². The summed E-state index contributed by atoms with van der Waals surface area (Å²) in [6.45, 7) is 8.71. The van der Waals surface area contributed by atoms with Crippen LogP contribution in [0.4, 0.5) is 0 Å². The van der Waals surface area contributed by atoms with E-state index in [1.807, 2.05) is 32.0 Å². The number of ether oxygens (including phenoxy) is 2. The van der Waals surface area contributed by atoms with Gasteiger partial charge < -0.3 is 14.6 Å². The van der Waals surface area contributed by atoms with E-state index in [2.05, 4.69) is 34.9 Å². The average Bonchev–Trinajstić information content (AvgIpc) is 3.00. The fourth-order valence-corrected chi connectivity index (χ4v) is 5.92. The number of carbonyl (C=O) groups is 1. The summed E-state index contributed by atoms with van der Waals surface area (Å²) in [5.74, 6) is 0.741. The van der Waals surface area contributed by atoms with Crippen LogP contribution in [0.25, 0.3) is 22.3 Å². The number of nitrogens with zero attached hydrogens (tertiary/aromatic N) is 3. The summed E-state index contributed by atoms with van der Waals surface area (Å²) in [6, 6.07) is 21.0. The zero-order chi connectivity index (χ0) is 32.2. The summed E-state index contributed by atoms with van der Waals surface area (Å²) in [7, 11) is 0. The lowest BCUT2D eigenvalue weighted by Gasteiger charge is -2.18. The summed E-state index contributed by atoms with van der Waals surface area (Å²) < 4.78 is 13.9. The number of para-hydroxylation sites is 1. The van der Waals surface area contributed by atoms with Gasteiger partial charge in [0.1, 0.15) is 18.1 Å². The van der Waals surface area contributed by atoms with Gasteiger partial charge in [-0.25, -0.2) is 9.78 Å². The summed E-state index contributed by atoms with van der Waals surface area (Å²) >= 11 is 9.94. The van der Waals surface area contributed by atoms with Crippen LogP contribution in [0.2, 0.25) is 5.02 Å². The van der Waals surface area contributed by atoms with Crippen LogP contribution < -0.4 is 15.0 Å². The van der Waals surface area contributed by atoms with E-state index in [4.69, 9.17) is 26.1 Å². The zero-order valence-corrected chi connectivity index (χ0v) is 27.5. The van der Waals surface area contributed by atoms with Gasteiger partial charge in [0, 0.05) is 16.1 Å². The van der Waals surface area contributed by atoms with Crippen LogP contribution in [-0.4, -0.2) is 33.6 Å². The summed E-state index contributed by atoms with van der Waals surface area (Å²) in [5.41, 5.74) is 4.19. The normalized spacial score (nSPS) is 11.4. The summed E-state index contributed by atoms with van der Waals surface area (Å²) in [6.07, 6.45) is 1.51. The van der Waals surface area contributed by atoms with E-state index in [0.29, 0.717) is 49.7 Å². The Kier molecular flexibility index (Phi) is 9.70. The Morgan fingerprint density at radius 3 is 2.60 bits per heavy atom. The fourth-order valence-electron chi connectivity index (χ4n) is 4.97. The van der Waals surface area contributed by atoms with Crippen LogP contribution in [0.5, 0.6) is 11.5 Å². The van der Waals surface area contributed by atoms with E-state index in [1.54, 1.807) is 48.5 Å². The number of rotatable bonds is 10. The summed E-state index contributed by atoms with van der Waals surface area (Å²) in [5, 5.41) is 14.9. The molecule has 0 saturated carbocycles. The van der Waals surface area contributed by atoms with Crippen molar-refractivity contribution in [3.63, 3.8) is 0 Å². The van der Waals surface area contributed by atoms with Crippen molar-refractivity contribution in [3.05, 3.63) is 120 Å². The molecule has 45 heavy (non-hydrogen) atoms. The van der Waals surface area contributed by atoms with Crippen molar-refractivity contribution in [1.29, 1.82) is 0 Å². The number of aryl methyl sites for hydroxylation is 1. The third-order valence-electron chi connectivity index (χ3n) is 7.18. The minimum absolute atomic E-state index is 0.0915. The van der Waals surface area contributed by atoms with Crippen LogP contribution in [0.15, 0.2) is 87.2 Å². The first-order valence-corrected chi connectivity index (χ1v) is 15.5. The molecule has 4 aromatic carbocycles. The smallest absolute Gasteiger partial charge is 0.335 e. The molecule has 0 aliphatic rings. The maximum Gasteiger partial charge on any atom is 0.335 e. The number of carboxylic acids is 1. The molecule has 5 rings (SSSR count). The minimum Gasteiger partial charge on any atom is -0.494 e. The van der Waals surface area contributed by atoms with Gasteiger partial charge >= 0.3 is 5.97 Å². The SMILES string of the molecule is CCOc1cc(C)c(-c2nc3ccccc3c(=O)n2N=Cc2cc(Cl)cc(Br)c2OCc2cccc(C(=O)O)c2)cc1C(C)C. The van der Waals surface area contributed by atoms with E-state index in [1.165, 1.54) is 17.0 Å². The second kappa shape index (κ2) is 13.7. The van der Waals surface area contributed by atoms with Gasteiger partial charge in [0.05, 0.1) is 33.8 Å². The molecule has 0 saturated heterocycles. The molecule has 0 spiro atoms. The van der Waals surface area contributed by atoms with Crippen molar-refractivity contribution >= 4 is 50.6 Å². The Hall–Kier alpha value is -4.47. The Morgan fingerprint density at radius 1 is 1.09 bits per heavy atom. The van der Waals surface area contributed by atoms with Gasteiger partial charge in [-0.3, -0.25) is 4.79 Å². The molecule has 230 valence electrons. The Morgan fingerprint density at radius 2 is 1.87 bits per heavy atom. The number of aromatic nitrogens is 2. The lowest BCUT2D eigenvalue weighted by atomic mass is 9.96. The van der Waals surface area contributed by atoms with E-state index in [-0.39, 0.29) is 23.6 Å². The molecule has 0 radical (unpaired) electrons. The zero-order valence-electron chi connectivity index (χ0n) is 25.2. The molecule has 0 bridgehead atoms. The first kappa shape index (κ1) is 31.9. The van der Waals surface area contributed by atoms with E-state index in [0.717, 1.165) is 22.4 Å². The van der Waals surface area contributed by atoms with Crippen molar-refractivity contribution in [3.8, 4) is 22.9 Å². The van der Waals surface area contributed by atoms with E-state index < -0.39 is 5.97 Å². The maximum atomic E-state index is 13.9. The van der Waals surface area contributed by atoms with Gasteiger partial charge in [-0.05, 0) is 101 Å². The van der Waals surface area contributed by atoms with Gasteiger partial charge in [0.25, 0.3) is 5.56 Å². The Balaban J connectivity index is 1.64. The van der Waals surface area contributed by atoms with Crippen LogP contribution >= 0.6 is 27.5 Å². The highest BCUT2D eigenvalue weighted by atomic mass is 79.9. The predicted molar refractivity (Wildman–Crippen MR) is 181 cm³/mol. The number of fused-ring (bicyclic) bond motifs is 1. The van der Waals surface area contributed by atoms with Crippen molar-refractivity contribution in [2.45, 2.75) is 40.2 Å². The van der Waals surface area contributed by atoms with Crippen molar-refractivity contribution < 1.29 is 19.4 Å². The lowest BCUT2D eigenvalue weighted by molar-refractivity contribution is 0.0696. The second-order valence-electron chi connectivity index (χ2n) is 10.7. The molecule has 0 atom stereocenters. The number of aromatic carboxylic acids is 1. The standard InChI is InChI=1S/C35H31BrClN3O5/c1-5-44-31-13-21(4)28(17-27(31)20(2)3)33-39-30-12-7-6-11-26(30)34(41)40(33)38-18-24-15-25(37)16-29(36)32(24)45-19-22-9-8-10-23(14-22)35(42)43/h6-18,20H,5,19H2,1-4H3,(H,42,43). The van der Waals surface area contributed by atoms with E-state index >= 15 is 0 Å². The molecule has 0 aliphatic carbocycles. The number of hydrogen-bond donors (Lipinski definition) is 1. The first-order chi connectivity index (χ1) is 21.6. The topological polar surface area (TPSA) is 103 Å². The van der Waals surface area contributed by atoms with Gasteiger partial charge in [0.2, 0.25) is 0 Å². The molecule has 1 N–H and O–H groups in total. The van der Waals surface area contributed by atoms with E-state index in [9.17, 15) is 14.7 Å². The minimum atomic E-state index is -1.02. The molecule has 0 fully saturated rings. The molecule has 0 amide bonds. The number of benzene rings is 4. The van der Waals surface area contributed by atoms with Crippen LogP contribution in [0.1, 0.15) is 59.3 Å².